The Hall–Kier alpha value is -2.16. The Labute approximate surface area is 106 Å². The van der Waals surface area contributed by atoms with Gasteiger partial charge in [-0.25, -0.2) is 9.78 Å². The van der Waals surface area contributed by atoms with Crippen molar-refractivity contribution in [2.24, 2.45) is 0 Å². The minimum atomic E-state index is -0.380. The first-order valence-electron chi connectivity index (χ1n) is 5.91. The number of nitrogens with zero attached hydrogens (tertiary/aromatic N) is 1. The van der Waals surface area contributed by atoms with E-state index < -0.39 is 0 Å². The Bertz CT molecular complexity index is 564. The topological polar surface area (TPSA) is 39.2 Å². The zero-order valence-corrected chi connectivity index (χ0v) is 10.5. The van der Waals surface area contributed by atoms with Crippen LogP contribution in [0.5, 0.6) is 0 Å². The van der Waals surface area contributed by atoms with E-state index in [1.54, 1.807) is 13.1 Å². The largest absolute Gasteiger partial charge is 0.461 e. The first-order valence-corrected chi connectivity index (χ1v) is 5.91. The van der Waals surface area contributed by atoms with Crippen molar-refractivity contribution in [2.75, 3.05) is 6.61 Å². The molecule has 3 nitrogen and oxygen atoms in total. The molecule has 0 aliphatic rings. The quantitative estimate of drug-likeness (QED) is 0.774. The summed E-state index contributed by atoms with van der Waals surface area (Å²) >= 11 is 0. The number of benzene rings is 1. The SMILES string of the molecule is CCOC(=O)c1ncccc1-c1cccc(C)c1. The fourth-order valence-electron chi connectivity index (χ4n) is 1.81. The van der Waals surface area contributed by atoms with Crippen LogP contribution in [-0.4, -0.2) is 17.6 Å². The molecular weight excluding hydrogens is 226 g/mol. The molecule has 0 spiro atoms. The molecule has 3 heteroatoms. The van der Waals surface area contributed by atoms with Gasteiger partial charge in [0.1, 0.15) is 0 Å². The van der Waals surface area contributed by atoms with E-state index in [1.807, 2.05) is 43.3 Å². The minimum Gasteiger partial charge on any atom is -0.461 e. The molecule has 0 amide bonds. The van der Waals surface area contributed by atoms with Gasteiger partial charge in [0.05, 0.1) is 6.61 Å². The minimum absolute atomic E-state index is 0.350. The normalized spacial score (nSPS) is 10.1. The number of rotatable bonds is 3. The van der Waals surface area contributed by atoms with E-state index in [-0.39, 0.29) is 5.97 Å². The summed E-state index contributed by atoms with van der Waals surface area (Å²) in [6.45, 7) is 4.15. The van der Waals surface area contributed by atoms with Crippen LogP contribution in [-0.2, 0) is 4.74 Å². The van der Waals surface area contributed by atoms with Crippen molar-refractivity contribution in [3.05, 3.63) is 53.9 Å². The molecule has 0 unspecified atom stereocenters. The van der Waals surface area contributed by atoms with Crippen LogP contribution in [0.4, 0.5) is 0 Å². The second kappa shape index (κ2) is 5.45. The molecule has 1 aromatic carbocycles. The molecule has 0 aliphatic carbocycles. The van der Waals surface area contributed by atoms with E-state index in [9.17, 15) is 4.79 Å². The van der Waals surface area contributed by atoms with Gasteiger partial charge >= 0.3 is 5.97 Å². The number of pyridine rings is 1. The Kier molecular flexibility index (Phi) is 3.72. The van der Waals surface area contributed by atoms with E-state index in [1.165, 1.54) is 0 Å². The molecule has 0 saturated carbocycles. The highest BCUT2D eigenvalue weighted by Gasteiger charge is 2.14. The third-order valence-electron chi connectivity index (χ3n) is 2.61. The summed E-state index contributed by atoms with van der Waals surface area (Å²) in [4.78, 5) is 16.0. The second-order valence-corrected chi connectivity index (χ2v) is 3.99. The molecule has 2 aromatic rings. The summed E-state index contributed by atoms with van der Waals surface area (Å²) in [5.74, 6) is -0.380. The summed E-state index contributed by atoms with van der Waals surface area (Å²) < 4.78 is 5.02. The highest BCUT2D eigenvalue weighted by atomic mass is 16.5. The van der Waals surface area contributed by atoms with Crippen molar-refractivity contribution < 1.29 is 9.53 Å². The first kappa shape index (κ1) is 12.3. The molecule has 92 valence electrons. The Balaban J connectivity index is 2.48. The van der Waals surface area contributed by atoms with E-state index >= 15 is 0 Å². The summed E-state index contributed by atoms with van der Waals surface area (Å²) in [5, 5.41) is 0. The van der Waals surface area contributed by atoms with E-state index in [4.69, 9.17) is 4.74 Å². The van der Waals surface area contributed by atoms with Gasteiger partial charge in [-0.1, -0.05) is 35.9 Å². The molecule has 0 saturated heterocycles. The maximum Gasteiger partial charge on any atom is 0.357 e. The van der Waals surface area contributed by atoms with Crippen molar-refractivity contribution in [1.29, 1.82) is 0 Å². The van der Waals surface area contributed by atoms with Gasteiger partial charge in [-0.2, -0.15) is 0 Å². The summed E-state index contributed by atoms with van der Waals surface area (Å²) in [6.07, 6.45) is 1.60. The van der Waals surface area contributed by atoms with Crippen LogP contribution >= 0.6 is 0 Å². The number of ether oxygens (including phenoxy) is 1. The Morgan fingerprint density at radius 2 is 2.11 bits per heavy atom. The molecule has 0 aliphatic heterocycles. The molecule has 18 heavy (non-hydrogen) atoms. The molecule has 2 rings (SSSR count). The molecule has 0 atom stereocenters. The lowest BCUT2D eigenvalue weighted by molar-refractivity contribution is 0.0520. The van der Waals surface area contributed by atoms with Crippen LogP contribution in [0.3, 0.4) is 0 Å². The standard InChI is InChI=1S/C15H15NO2/c1-3-18-15(17)14-13(8-5-9-16-14)12-7-4-6-11(2)10-12/h4-10H,3H2,1-2H3. The zero-order chi connectivity index (χ0) is 13.0. The smallest absolute Gasteiger partial charge is 0.357 e. The Morgan fingerprint density at radius 3 is 2.83 bits per heavy atom. The van der Waals surface area contributed by atoms with Gasteiger partial charge in [0, 0.05) is 11.8 Å². The van der Waals surface area contributed by atoms with Crippen molar-refractivity contribution in [3.63, 3.8) is 0 Å². The van der Waals surface area contributed by atoms with Crippen LogP contribution in [0.1, 0.15) is 23.0 Å². The third-order valence-corrected chi connectivity index (χ3v) is 2.61. The van der Waals surface area contributed by atoms with Crippen molar-refractivity contribution in [3.8, 4) is 11.1 Å². The number of esters is 1. The zero-order valence-electron chi connectivity index (χ0n) is 10.5. The lowest BCUT2D eigenvalue weighted by atomic mass is 10.0. The summed E-state index contributed by atoms with van der Waals surface area (Å²) in [5.41, 5.74) is 3.29. The highest BCUT2D eigenvalue weighted by molar-refractivity contribution is 5.95. The number of hydrogen-bond acceptors (Lipinski definition) is 3. The number of carbonyl (C=O) groups excluding carboxylic acids is 1. The molecule has 1 aromatic heterocycles. The van der Waals surface area contributed by atoms with Gasteiger partial charge in [-0.15, -0.1) is 0 Å². The summed E-state index contributed by atoms with van der Waals surface area (Å²) in [6, 6.07) is 11.7. The maximum absolute atomic E-state index is 11.8. The van der Waals surface area contributed by atoms with E-state index in [2.05, 4.69) is 4.98 Å². The lowest BCUT2D eigenvalue weighted by Gasteiger charge is -2.08. The fourth-order valence-corrected chi connectivity index (χ4v) is 1.81. The fraction of sp³-hybridized carbons (Fsp3) is 0.200. The van der Waals surface area contributed by atoms with Crippen LogP contribution < -0.4 is 0 Å². The predicted molar refractivity (Wildman–Crippen MR) is 70.4 cm³/mol. The van der Waals surface area contributed by atoms with Gasteiger partial charge in [0.25, 0.3) is 0 Å². The lowest BCUT2D eigenvalue weighted by Crippen LogP contribution is -2.08. The van der Waals surface area contributed by atoms with Crippen molar-refractivity contribution in [1.82, 2.24) is 4.98 Å². The maximum atomic E-state index is 11.8. The summed E-state index contributed by atoms with van der Waals surface area (Å²) in [7, 11) is 0. The molecule has 0 fully saturated rings. The number of carbonyl (C=O) groups is 1. The third kappa shape index (κ3) is 2.56. The van der Waals surface area contributed by atoms with Gasteiger partial charge < -0.3 is 4.74 Å². The number of hydrogen-bond donors (Lipinski definition) is 0. The molecule has 0 bridgehead atoms. The predicted octanol–water partition coefficient (Wildman–Crippen LogP) is 3.23. The number of aryl methyl sites for hydroxylation is 1. The number of aromatic nitrogens is 1. The molecular formula is C15H15NO2. The average molecular weight is 241 g/mol. The van der Waals surface area contributed by atoms with Crippen molar-refractivity contribution in [2.45, 2.75) is 13.8 Å². The van der Waals surface area contributed by atoms with E-state index in [0.29, 0.717) is 12.3 Å². The van der Waals surface area contributed by atoms with Crippen molar-refractivity contribution >= 4 is 5.97 Å². The average Bonchev–Trinajstić information content (AvgIpc) is 2.39. The van der Waals surface area contributed by atoms with Gasteiger partial charge in [-0.3, -0.25) is 0 Å². The molecule has 0 radical (unpaired) electrons. The first-order chi connectivity index (χ1) is 8.72. The molecule has 1 heterocycles. The highest BCUT2D eigenvalue weighted by Crippen LogP contribution is 2.23. The van der Waals surface area contributed by atoms with Crippen LogP contribution in [0, 0.1) is 6.92 Å². The van der Waals surface area contributed by atoms with Gasteiger partial charge in [0.2, 0.25) is 0 Å². The van der Waals surface area contributed by atoms with Crippen LogP contribution in [0.25, 0.3) is 11.1 Å². The molecule has 0 N–H and O–H groups in total. The van der Waals surface area contributed by atoms with Crippen LogP contribution in [0.2, 0.25) is 0 Å². The van der Waals surface area contributed by atoms with Gasteiger partial charge in [0.15, 0.2) is 5.69 Å². The van der Waals surface area contributed by atoms with Crippen LogP contribution in [0.15, 0.2) is 42.6 Å². The second-order valence-electron chi connectivity index (χ2n) is 3.99. The Morgan fingerprint density at radius 1 is 1.28 bits per heavy atom. The monoisotopic (exact) mass is 241 g/mol. The van der Waals surface area contributed by atoms with Gasteiger partial charge in [-0.05, 0) is 25.5 Å². The van der Waals surface area contributed by atoms with E-state index in [0.717, 1.165) is 16.7 Å².